The van der Waals surface area contributed by atoms with Gasteiger partial charge in [-0.3, -0.25) is 10.3 Å². The lowest BCUT2D eigenvalue weighted by Gasteiger charge is -2.29. The van der Waals surface area contributed by atoms with Crippen molar-refractivity contribution in [3.8, 4) is 11.9 Å². The molecule has 0 radical (unpaired) electrons. The molecule has 1 atom stereocenters. The van der Waals surface area contributed by atoms with Gasteiger partial charge in [0.25, 0.3) is 0 Å². The fourth-order valence-corrected chi connectivity index (χ4v) is 3.18. The third kappa shape index (κ3) is 3.76. The number of rotatable bonds is 3. The quantitative estimate of drug-likeness (QED) is 0.498. The lowest BCUT2D eigenvalue weighted by molar-refractivity contribution is 0.381. The number of imidazole rings is 1. The van der Waals surface area contributed by atoms with Gasteiger partial charge in [-0.15, -0.1) is 0 Å². The van der Waals surface area contributed by atoms with Crippen LogP contribution in [-0.4, -0.2) is 50.4 Å². The Hall–Kier alpha value is -4.40. The third-order valence-corrected chi connectivity index (χ3v) is 4.75. The summed E-state index contributed by atoms with van der Waals surface area (Å²) in [7, 11) is 0. The van der Waals surface area contributed by atoms with Crippen molar-refractivity contribution in [2.45, 2.75) is 25.0 Å². The summed E-state index contributed by atoms with van der Waals surface area (Å²) >= 11 is 0. The molecule has 31 heavy (non-hydrogen) atoms. The van der Waals surface area contributed by atoms with Crippen LogP contribution < -0.4 is 16.3 Å². The molecule has 0 amide bonds. The number of nitriles is 1. The van der Waals surface area contributed by atoms with Crippen LogP contribution in [0.2, 0.25) is 0 Å². The molecule has 11 nitrogen and oxygen atoms in total. The summed E-state index contributed by atoms with van der Waals surface area (Å²) in [6.45, 7) is 0. The Morgan fingerprint density at radius 3 is 2.90 bits per heavy atom. The van der Waals surface area contributed by atoms with Crippen molar-refractivity contribution < 1.29 is 9.50 Å². The molecule has 1 unspecified atom stereocenters. The van der Waals surface area contributed by atoms with Gasteiger partial charge in [0.15, 0.2) is 6.17 Å². The number of halogens is 1. The van der Waals surface area contributed by atoms with Gasteiger partial charge in [-0.05, 0) is 37.1 Å². The maximum atomic E-state index is 13.8. The second kappa shape index (κ2) is 7.13. The zero-order valence-corrected chi connectivity index (χ0v) is 15.9. The van der Waals surface area contributed by atoms with Crippen molar-refractivity contribution in [1.29, 1.82) is 5.26 Å². The van der Waals surface area contributed by atoms with Crippen LogP contribution in [0.3, 0.4) is 0 Å². The van der Waals surface area contributed by atoms with E-state index >= 15 is 0 Å². The minimum Gasteiger partial charge on any atom is -0.493 e. The van der Waals surface area contributed by atoms with E-state index in [1.165, 1.54) is 12.1 Å². The molecule has 5 rings (SSSR count). The normalized spacial score (nSPS) is 22.3. The zero-order valence-electron chi connectivity index (χ0n) is 15.9. The molecule has 1 saturated carbocycles. The number of anilines is 1. The molecule has 12 heteroatoms. The molecule has 1 aliphatic carbocycles. The number of hydrazone groups is 1. The van der Waals surface area contributed by atoms with Gasteiger partial charge in [0, 0.05) is 11.3 Å². The Bertz CT molecular complexity index is 1280. The first kappa shape index (κ1) is 18.6. The van der Waals surface area contributed by atoms with Gasteiger partial charge >= 0.3 is 5.69 Å². The average Bonchev–Trinajstić information content (AvgIpc) is 3.36. The number of aromatic hydroxyl groups is 1. The smallest absolute Gasteiger partial charge is 0.326 e. The van der Waals surface area contributed by atoms with Crippen LogP contribution in [0.5, 0.6) is 5.88 Å². The van der Waals surface area contributed by atoms with Gasteiger partial charge in [0.2, 0.25) is 17.8 Å². The highest BCUT2D eigenvalue weighted by molar-refractivity contribution is 6.09. The fourth-order valence-electron chi connectivity index (χ4n) is 3.18. The predicted molar refractivity (Wildman–Crippen MR) is 111 cm³/mol. The molecule has 0 saturated heterocycles. The van der Waals surface area contributed by atoms with E-state index in [1.807, 2.05) is 6.07 Å². The third-order valence-electron chi connectivity index (χ3n) is 4.75. The topological polar surface area (TPSA) is 157 Å². The monoisotopic (exact) mass is 421 g/mol. The molecule has 1 fully saturated rings. The van der Waals surface area contributed by atoms with Gasteiger partial charge in [0.05, 0.1) is 23.9 Å². The lowest BCUT2D eigenvalue weighted by atomic mass is 10.2. The van der Waals surface area contributed by atoms with E-state index in [4.69, 9.17) is 5.26 Å². The molecule has 5 N–H and O–H groups in total. The number of nitrogens with one attached hydrogen (secondary N) is 4. The van der Waals surface area contributed by atoms with Crippen LogP contribution in [0.1, 0.15) is 24.1 Å². The van der Waals surface area contributed by atoms with Gasteiger partial charge in [-0.25, -0.2) is 24.2 Å². The first-order valence-electron chi connectivity index (χ1n) is 9.45. The van der Waals surface area contributed by atoms with E-state index in [0.29, 0.717) is 23.2 Å². The average molecular weight is 421 g/mol. The molecule has 1 aromatic heterocycles. The van der Waals surface area contributed by atoms with Crippen molar-refractivity contribution in [2.24, 2.45) is 15.1 Å². The molecule has 3 aliphatic rings. The number of hydrogen-bond donors (Lipinski definition) is 5. The Labute approximate surface area is 174 Å². The van der Waals surface area contributed by atoms with Crippen LogP contribution in [-0.2, 0) is 0 Å². The highest BCUT2D eigenvalue weighted by Crippen LogP contribution is 2.28. The molecule has 2 aromatic rings. The van der Waals surface area contributed by atoms with Crippen molar-refractivity contribution in [3.05, 3.63) is 51.3 Å². The molecular weight excluding hydrogens is 405 g/mol. The van der Waals surface area contributed by atoms with Crippen LogP contribution in [0.4, 0.5) is 10.1 Å². The maximum Gasteiger partial charge on any atom is 0.326 e. The number of benzene rings is 1. The molecule has 2 aliphatic heterocycles. The SMILES string of the molecule is N#Cc1cc(F)cc(NC2=NC3/C(=C\c4[nH]c(=O)[nH]c4O)C=NN3C(=NC3CC3)N2)c1. The zero-order chi connectivity index (χ0) is 21.5. The largest absolute Gasteiger partial charge is 0.493 e. The van der Waals surface area contributed by atoms with E-state index in [2.05, 4.69) is 35.7 Å². The van der Waals surface area contributed by atoms with Crippen LogP contribution in [0, 0.1) is 17.1 Å². The molecule has 0 spiro atoms. The summed E-state index contributed by atoms with van der Waals surface area (Å²) in [4.78, 5) is 25.4. The summed E-state index contributed by atoms with van der Waals surface area (Å²) < 4.78 is 13.8. The predicted octanol–water partition coefficient (Wildman–Crippen LogP) is 1.02. The van der Waals surface area contributed by atoms with E-state index in [0.717, 1.165) is 18.9 Å². The van der Waals surface area contributed by atoms with Gasteiger partial charge in [0.1, 0.15) is 11.5 Å². The Balaban J connectivity index is 1.50. The minimum atomic E-state index is -0.622. The number of aliphatic imine (C=N–C) groups is 2. The van der Waals surface area contributed by atoms with E-state index < -0.39 is 17.7 Å². The van der Waals surface area contributed by atoms with Crippen molar-refractivity contribution in [3.63, 3.8) is 0 Å². The standard InChI is InChI=1S/C19H16FN9O2/c20-11-3-9(7-21)4-13(6-11)23-17-26-15-10(5-14-16(30)27-19(31)25-14)8-22-29(15)18(28-17)24-12-1-2-12/h3-6,8,12,15,30H,1-2H2,(H2,25,27,31)(H2,23,24,26,28)/b10-5-. The molecular formula is C19H16FN9O2. The van der Waals surface area contributed by atoms with Crippen molar-refractivity contribution >= 4 is 29.9 Å². The minimum absolute atomic E-state index is 0.170. The van der Waals surface area contributed by atoms with E-state index in [-0.39, 0.29) is 23.2 Å². The number of hydrogen-bond acceptors (Lipinski definition) is 7. The van der Waals surface area contributed by atoms with Crippen LogP contribution >= 0.6 is 0 Å². The summed E-state index contributed by atoms with van der Waals surface area (Å²) in [5.41, 5.74) is 0.763. The number of fused-ring (bicyclic) bond motifs is 1. The van der Waals surface area contributed by atoms with Crippen LogP contribution in [0.25, 0.3) is 6.08 Å². The number of nitrogens with zero attached hydrogens (tertiary/aromatic N) is 5. The summed E-state index contributed by atoms with van der Waals surface area (Å²) in [5.74, 6) is -0.0916. The second-order valence-electron chi connectivity index (χ2n) is 7.20. The number of aromatic nitrogens is 2. The van der Waals surface area contributed by atoms with E-state index in [9.17, 15) is 14.3 Å². The molecule has 156 valence electrons. The van der Waals surface area contributed by atoms with E-state index in [1.54, 1.807) is 17.3 Å². The summed E-state index contributed by atoms with van der Waals surface area (Å²) in [6, 6.07) is 5.99. The highest BCUT2D eigenvalue weighted by atomic mass is 19.1. The highest BCUT2D eigenvalue weighted by Gasteiger charge is 2.36. The number of H-pyrrole nitrogens is 2. The number of guanidine groups is 2. The van der Waals surface area contributed by atoms with Crippen molar-refractivity contribution in [2.75, 3.05) is 5.32 Å². The van der Waals surface area contributed by atoms with Gasteiger partial charge in [-0.2, -0.15) is 10.4 Å². The lowest BCUT2D eigenvalue weighted by Crippen LogP contribution is -2.52. The molecule has 3 heterocycles. The summed E-state index contributed by atoms with van der Waals surface area (Å²) in [6.07, 6.45) is 4.44. The Morgan fingerprint density at radius 2 is 2.19 bits per heavy atom. The summed E-state index contributed by atoms with van der Waals surface area (Å²) in [5, 5.41) is 30.9. The van der Waals surface area contributed by atoms with Crippen LogP contribution in [0.15, 0.2) is 43.7 Å². The Kier molecular flexibility index (Phi) is 4.28. The first-order valence-corrected chi connectivity index (χ1v) is 9.45. The number of aromatic amines is 2. The van der Waals surface area contributed by atoms with Gasteiger partial charge in [-0.1, -0.05) is 0 Å². The molecule has 0 bridgehead atoms. The van der Waals surface area contributed by atoms with Crippen molar-refractivity contribution in [1.82, 2.24) is 20.3 Å². The maximum absolute atomic E-state index is 13.8. The fraction of sp³-hybridized carbons (Fsp3) is 0.211. The Morgan fingerprint density at radius 1 is 1.35 bits per heavy atom. The first-order chi connectivity index (χ1) is 15.0. The second-order valence-corrected chi connectivity index (χ2v) is 7.20. The van der Waals surface area contributed by atoms with Gasteiger partial charge < -0.3 is 15.4 Å². The molecule has 1 aromatic carbocycles.